The second-order valence-corrected chi connectivity index (χ2v) is 7.20. The van der Waals surface area contributed by atoms with E-state index in [9.17, 15) is 4.79 Å². The predicted octanol–water partition coefficient (Wildman–Crippen LogP) is 4.60. The van der Waals surface area contributed by atoms with Gasteiger partial charge in [-0.05, 0) is 61.7 Å². The van der Waals surface area contributed by atoms with E-state index in [2.05, 4.69) is 27.8 Å². The monoisotopic (exact) mass is 389 g/mol. The van der Waals surface area contributed by atoms with Crippen LogP contribution in [0, 0.1) is 20.8 Å². The first kappa shape index (κ1) is 18.8. The zero-order chi connectivity index (χ0) is 20.4. The second-order valence-electron chi connectivity index (χ2n) is 7.20. The average Bonchev–Trinajstić information content (AvgIpc) is 3.17. The predicted molar refractivity (Wildman–Crippen MR) is 113 cm³/mol. The number of ether oxygens (including phenoxy) is 2. The second kappa shape index (κ2) is 7.83. The van der Waals surface area contributed by atoms with Crippen LogP contribution in [0.15, 0.2) is 48.7 Å². The third-order valence-electron chi connectivity index (χ3n) is 4.85. The average molecular weight is 389 g/mol. The van der Waals surface area contributed by atoms with Crippen molar-refractivity contribution in [3.05, 3.63) is 76.5 Å². The van der Waals surface area contributed by atoms with Gasteiger partial charge in [-0.25, -0.2) is 4.98 Å². The fourth-order valence-corrected chi connectivity index (χ4v) is 3.47. The Labute approximate surface area is 169 Å². The number of pyridine rings is 1. The molecular weight excluding hydrogens is 366 g/mol. The van der Waals surface area contributed by atoms with Crippen LogP contribution in [0.2, 0.25) is 0 Å². The van der Waals surface area contributed by atoms with Crippen LogP contribution in [0.5, 0.6) is 11.5 Å². The number of carbonyl (C=O) groups is 1. The number of nitrogens with zero attached hydrogens (tertiary/aromatic N) is 1. The van der Waals surface area contributed by atoms with Crippen LogP contribution in [-0.2, 0) is 6.54 Å². The van der Waals surface area contributed by atoms with Crippen LogP contribution >= 0.6 is 0 Å². The first-order valence-corrected chi connectivity index (χ1v) is 9.47. The number of amides is 1. The lowest BCUT2D eigenvalue weighted by Crippen LogP contribution is -2.14. The fraction of sp³-hybridized carbons (Fsp3) is 0.217. The Balaban J connectivity index is 1.45. The standard InChI is InChI=1S/C23H23N3O3/c1-14-8-15(2)22(16(3)9-14)26-23(27)18-6-7-24-21(11-18)25-12-17-4-5-19-20(10-17)29-13-28-19/h4-11H,12-13H2,1-3H3,(H,24,25)(H,26,27). The lowest BCUT2D eigenvalue weighted by Gasteiger charge is -2.13. The molecule has 2 N–H and O–H groups in total. The van der Waals surface area contributed by atoms with Gasteiger partial charge in [0.2, 0.25) is 6.79 Å². The van der Waals surface area contributed by atoms with E-state index in [1.807, 2.05) is 39.0 Å². The minimum absolute atomic E-state index is 0.159. The highest BCUT2D eigenvalue weighted by Crippen LogP contribution is 2.32. The van der Waals surface area contributed by atoms with E-state index >= 15 is 0 Å². The van der Waals surface area contributed by atoms with E-state index < -0.39 is 0 Å². The number of aryl methyl sites for hydroxylation is 3. The van der Waals surface area contributed by atoms with Crippen molar-refractivity contribution in [1.82, 2.24) is 4.98 Å². The fourth-order valence-electron chi connectivity index (χ4n) is 3.47. The Kier molecular flexibility index (Phi) is 5.08. The third kappa shape index (κ3) is 4.16. The number of carbonyl (C=O) groups excluding carboxylic acids is 1. The number of benzene rings is 2. The molecule has 0 radical (unpaired) electrons. The number of hydrogen-bond acceptors (Lipinski definition) is 5. The molecular formula is C23H23N3O3. The highest BCUT2D eigenvalue weighted by Gasteiger charge is 2.14. The Morgan fingerprint density at radius 3 is 2.55 bits per heavy atom. The molecule has 0 spiro atoms. The maximum Gasteiger partial charge on any atom is 0.255 e. The molecule has 0 fully saturated rings. The highest BCUT2D eigenvalue weighted by molar-refractivity contribution is 6.05. The van der Waals surface area contributed by atoms with Crippen molar-refractivity contribution in [1.29, 1.82) is 0 Å². The molecule has 0 saturated heterocycles. The van der Waals surface area contributed by atoms with Crippen molar-refractivity contribution >= 4 is 17.4 Å². The van der Waals surface area contributed by atoms with E-state index in [-0.39, 0.29) is 12.7 Å². The number of hydrogen-bond donors (Lipinski definition) is 2. The highest BCUT2D eigenvalue weighted by atomic mass is 16.7. The molecule has 29 heavy (non-hydrogen) atoms. The van der Waals surface area contributed by atoms with Crippen LogP contribution < -0.4 is 20.1 Å². The van der Waals surface area contributed by atoms with Crippen molar-refractivity contribution in [2.75, 3.05) is 17.4 Å². The number of anilines is 2. The molecule has 1 amide bonds. The van der Waals surface area contributed by atoms with E-state index in [1.54, 1.807) is 18.3 Å². The van der Waals surface area contributed by atoms with E-state index in [4.69, 9.17) is 9.47 Å². The van der Waals surface area contributed by atoms with Crippen LogP contribution in [0.3, 0.4) is 0 Å². The number of nitrogens with one attached hydrogen (secondary N) is 2. The van der Waals surface area contributed by atoms with Crippen LogP contribution in [0.25, 0.3) is 0 Å². The quantitative estimate of drug-likeness (QED) is 0.667. The molecule has 6 nitrogen and oxygen atoms in total. The van der Waals surface area contributed by atoms with Gasteiger partial charge in [-0.15, -0.1) is 0 Å². The molecule has 2 aromatic carbocycles. The van der Waals surface area contributed by atoms with Crippen molar-refractivity contribution in [2.24, 2.45) is 0 Å². The van der Waals surface area contributed by atoms with Gasteiger partial charge in [-0.1, -0.05) is 23.8 Å². The Morgan fingerprint density at radius 1 is 1.00 bits per heavy atom. The van der Waals surface area contributed by atoms with Gasteiger partial charge >= 0.3 is 0 Å². The molecule has 6 heteroatoms. The molecule has 0 aliphatic carbocycles. The number of aromatic nitrogens is 1. The summed E-state index contributed by atoms with van der Waals surface area (Å²) < 4.78 is 10.7. The van der Waals surface area contributed by atoms with Gasteiger partial charge in [0.15, 0.2) is 11.5 Å². The maximum absolute atomic E-state index is 12.8. The molecule has 1 aliphatic heterocycles. The summed E-state index contributed by atoms with van der Waals surface area (Å²) in [7, 11) is 0. The van der Waals surface area contributed by atoms with Crippen LogP contribution in [-0.4, -0.2) is 17.7 Å². The Bertz CT molecular complexity index is 1060. The topological polar surface area (TPSA) is 72.5 Å². The largest absolute Gasteiger partial charge is 0.454 e. The van der Waals surface area contributed by atoms with Gasteiger partial charge in [-0.2, -0.15) is 0 Å². The Hall–Kier alpha value is -3.54. The summed E-state index contributed by atoms with van der Waals surface area (Å²) >= 11 is 0. The minimum atomic E-state index is -0.159. The van der Waals surface area contributed by atoms with Gasteiger partial charge in [0.05, 0.1) is 0 Å². The molecule has 1 aliphatic rings. The first-order valence-electron chi connectivity index (χ1n) is 9.47. The van der Waals surface area contributed by atoms with Crippen LogP contribution in [0.1, 0.15) is 32.6 Å². The summed E-state index contributed by atoms with van der Waals surface area (Å²) in [5, 5.41) is 6.28. The van der Waals surface area contributed by atoms with Gasteiger partial charge in [0, 0.05) is 24.0 Å². The smallest absolute Gasteiger partial charge is 0.255 e. The van der Waals surface area contributed by atoms with Crippen molar-refractivity contribution in [2.45, 2.75) is 27.3 Å². The van der Waals surface area contributed by atoms with Gasteiger partial charge < -0.3 is 20.1 Å². The summed E-state index contributed by atoms with van der Waals surface area (Å²) in [6, 6.07) is 13.4. The molecule has 0 bridgehead atoms. The molecule has 148 valence electrons. The molecule has 1 aromatic heterocycles. The first-order chi connectivity index (χ1) is 14.0. The minimum Gasteiger partial charge on any atom is -0.454 e. The molecule has 4 rings (SSSR count). The van der Waals surface area contributed by atoms with Crippen molar-refractivity contribution < 1.29 is 14.3 Å². The van der Waals surface area contributed by atoms with Gasteiger partial charge in [0.25, 0.3) is 5.91 Å². The zero-order valence-electron chi connectivity index (χ0n) is 16.7. The summed E-state index contributed by atoms with van der Waals surface area (Å²) in [5.74, 6) is 1.97. The zero-order valence-corrected chi connectivity index (χ0v) is 16.7. The molecule has 0 unspecified atom stereocenters. The molecule has 2 heterocycles. The number of fused-ring (bicyclic) bond motifs is 1. The maximum atomic E-state index is 12.8. The molecule has 0 saturated carbocycles. The summed E-state index contributed by atoms with van der Waals surface area (Å²) in [6.07, 6.45) is 1.63. The van der Waals surface area contributed by atoms with Gasteiger partial charge in [0.1, 0.15) is 5.82 Å². The van der Waals surface area contributed by atoms with Crippen molar-refractivity contribution in [3.63, 3.8) is 0 Å². The Morgan fingerprint density at radius 2 is 1.76 bits per heavy atom. The molecule has 3 aromatic rings. The van der Waals surface area contributed by atoms with Gasteiger partial charge in [-0.3, -0.25) is 4.79 Å². The summed E-state index contributed by atoms with van der Waals surface area (Å²) in [6.45, 7) is 6.86. The van der Waals surface area contributed by atoms with Crippen molar-refractivity contribution in [3.8, 4) is 11.5 Å². The third-order valence-corrected chi connectivity index (χ3v) is 4.85. The lowest BCUT2D eigenvalue weighted by atomic mass is 10.0. The van der Waals surface area contributed by atoms with Crippen LogP contribution in [0.4, 0.5) is 11.5 Å². The van der Waals surface area contributed by atoms with E-state index in [0.29, 0.717) is 17.9 Å². The summed E-state index contributed by atoms with van der Waals surface area (Å²) in [5.41, 5.74) is 5.71. The molecule has 0 atom stereocenters. The SMILES string of the molecule is Cc1cc(C)c(NC(=O)c2ccnc(NCc3ccc4c(c3)OCO4)c2)c(C)c1. The number of rotatable bonds is 5. The van der Waals surface area contributed by atoms with E-state index in [0.717, 1.165) is 33.9 Å². The normalized spacial score (nSPS) is 12.0. The summed E-state index contributed by atoms with van der Waals surface area (Å²) in [4.78, 5) is 17.1. The lowest BCUT2D eigenvalue weighted by molar-refractivity contribution is 0.102. The van der Waals surface area contributed by atoms with E-state index in [1.165, 1.54) is 5.56 Å².